The number of aliphatic hydroxyl groups is 1. The molecule has 2 aromatic carbocycles. The summed E-state index contributed by atoms with van der Waals surface area (Å²) in [4.78, 5) is 11.8. The van der Waals surface area contributed by atoms with Gasteiger partial charge in [-0.2, -0.15) is 0 Å². The lowest BCUT2D eigenvalue weighted by atomic mass is 10.1. The smallest absolute Gasteiger partial charge is 0.244 e. The maximum absolute atomic E-state index is 11.8. The van der Waals surface area contributed by atoms with E-state index < -0.39 is 6.10 Å². The second kappa shape index (κ2) is 8.15. The summed E-state index contributed by atoms with van der Waals surface area (Å²) in [6.07, 6.45) is 2.43. The van der Waals surface area contributed by atoms with Crippen molar-refractivity contribution < 1.29 is 14.6 Å². The summed E-state index contributed by atoms with van der Waals surface area (Å²) in [5.74, 6) is 0.430. The highest BCUT2D eigenvalue weighted by molar-refractivity contribution is 5.91. The molecule has 2 N–H and O–H groups in total. The van der Waals surface area contributed by atoms with Crippen LogP contribution in [-0.2, 0) is 4.79 Å². The van der Waals surface area contributed by atoms with Gasteiger partial charge in [0, 0.05) is 12.6 Å². The molecule has 0 saturated carbocycles. The average Bonchev–Trinajstić information content (AvgIpc) is 2.59. The third kappa shape index (κ3) is 5.27. The molecule has 0 aliphatic rings. The van der Waals surface area contributed by atoms with Crippen LogP contribution in [0, 0.1) is 6.92 Å². The number of methoxy groups -OCH3 is 1. The molecule has 0 heterocycles. The summed E-state index contributed by atoms with van der Waals surface area (Å²) in [6.45, 7) is 2.16. The van der Waals surface area contributed by atoms with Crippen molar-refractivity contribution in [1.29, 1.82) is 0 Å². The second-order valence-corrected chi connectivity index (χ2v) is 5.28. The Morgan fingerprint density at radius 3 is 2.70 bits per heavy atom. The molecule has 0 aromatic heterocycles. The van der Waals surface area contributed by atoms with Crippen LogP contribution in [0.1, 0.15) is 22.8 Å². The molecule has 2 aromatic rings. The summed E-state index contributed by atoms with van der Waals surface area (Å²) in [5.41, 5.74) is 2.83. The number of amides is 1. The van der Waals surface area contributed by atoms with Crippen LogP contribution >= 0.6 is 0 Å². The molecule has 1 unspecified atom stereocenters. The Kier molecular flexibility index (Phi) is 5.94. The third-order valence-corrected chi connectivity index (χ3v) is 3.45. The van der Waals surface area contributed by atoms with Crippen LogP contribution in [0.4, 0.5) is 0 Å². The molecule has 2 rings (SSSR count). The Bertz CT molecular complexity index is 677. The average molecular weight is 311 g/mol. The summed E-state index contributed by atoms with van der Waals surface area (Å²) in [5, 5.41) is 12.8. The molecular weight excluding hydrogens is 290 g/mol. The topological polar surface area (TPSA) is 58.6 Å². The molecule has 0 radical (unpaired) electrons. The largest absolute Gasteiger partial charge is 0.497 e. The lowest BCUT2D eigenvalue weighted by Gasteiger charge is -2.12. The summed E-state index contributed by atoms with van der Waals surface area (Å²) < 4.78 is 5.12. The van der Waals surface area contributed by atoms with E-state index in [0.717, 1.165) is 5.56 Å². The normalized spacial score (nSPS) is 12.1. The first-order chi connectivity index (χ1) is 11.1. The van der Waals surface area contributed by atoms with Gasteiger partial charge >= 0.3 is 0 Å². The van der Waals surface area contributed by atoms with E-state index in [1.807, 2.05) is 31.2 Å². The molecule has 0 aliphatic carbocycles. The molecule has 0 aliphatic heterocycles. The Morgan fingerprint density at radius 1 is 1.26 bits per heavy atom. The van der Waals surface area contributed by atoms with Gasteiger partial charge in [-0.15, -0.1) is 0 Å². The number of hydrogen-bond donors (Lipinski definition) is 2. The number of aryl methyl sites for hydroxylation is 1. The molecule has 4 heteroatoms. The number of hydrogen-bond acceptors (Lipinski definition) is 3. The molecular formula is C19H21NO3. The first kappa shape index (κ1) is 16.8. The zero-order chi connectivity index (χ0) is 16.7. The molecule has 1 atom stereocenters. The van der Waals surface area contributed by atoms with E-state index in [1.54, 1.807) is 37.5 Å². The first-order valence-electron chi connectivity index (χ1n) is 7.43. The third-order valence-electron chi connectivity index (χ3n) is 3.45. The number of benzene rings is 2. The van der Waals surface area contributed by atoms with Crippen molar-refractivity contribution in [1.82, 2.24) is 5.32 Å². The van der Waals surface area contributed by atoms with Gasteiger partial charge in [-0.25, -0.2) is 0 Å². The van der Waals surface area contributed by atoms with Crippen LogP contribution in [0.2, 0.25) is 0 Å². The van der Waals surface area contributed by atoms with Gasteiger partial charge in [0.2, 0.25) is 5.91 Å². The molecule has 0 saturated heterocycles. The summed E-state index contributed by atoms with van der Waals surface area (Å²) >= 11 is 0. The van der Waals surface area contributed by atoms with E-state index in [9.17, 15) is 9.90 Å². The Balaban J connectivity index is 1.86. The number of aliphatic hydroxyl groups excluding tert-OH is 1. The number of ether oxygens (including phenoxy) is 1. The zero-order valence-corrected chi connectivity index (χ0v) is 13.3. The number of carbonyl (C=O) groups excluding carboxylic acids is 1. The first-order valence-corrected chi connectivity index (χ1v) is 7.43. The van der Waals surface area contributed by atoms with E-state index in [-0.39, 0.29) is 12.5 Å². The van der Waals surface area contributed by atoms with Crippen molar-refractivity contribution in [2.45, 2.75) is 13.0 Å². The molecule has 4 nitrogen and oxygen atoms in total. The fourth-order valence-electron chi connectivity index (χ4n) is 2.07. The molecule has 0 fully saturated rings. The van der Waals surface area contributed by atoms with Gasteiger partial charge < -0.3 is 15.2 Å². The molecule has 23 heavy (non-hydrogen) atoms. The minimum atomic E-state index is -0.776. The highest BCUT2D eigenvalue weighted by Crippen LogP contribution is 2.18. The van der Waals surface area contributed by atoms with Crippen LogP contribution < -0.4 is 10.1 Å². The highest BCUT2D eigenvalue weighted by atomic mass is 16.5. The van der Waals surface area contributed by atoms with Crippen molar-refractivity contribution in [2.24, 2.45) is 0 Å². The minimum Gasteiger partial charge on any atom is -0.497 e. The van der Waals surface area contributed by atoms with Crippen LogP contribution in [0.25, 0.3) is 6.08 Å². The lowest BCUT2D eigenvalue weighted by molar-refractivity contribution is -0.116. The van der Waals surface area contributed by atoms with E-state index in [2.05, 4.69) is 5.32 Å². The lowest BCUT2D eigenvalue weighted by Crippen LogP contribution is -2.26. The molecule has 1 amide bonds. The van der Waals surface area contributed by atoms with E-state index in [0.29, 0.717) is 11.3 Å². The Hall–Kier alpha value is -2.59. The maximum Gasteiger partial charge on any atom is 0.244 e. The van der Waals surface area contributed by atoms with Gasteiger partial charge in [0.15, 0.2) is 0 Å². The highest BCUT2D eigenvalue weighted by Gasteiger charge is 2.09. The predicted octanol–water partition coefficient (Wildman–Crippen LogP) is 2.87. The van der Waals surface area contributed by atoms with Crippen LogP contribution in [-0.4, -0.2) is 24.7 Å². The van der Waals surface area contributed by atoms with Gasteiger partial charge in [-0.3, -0.25) is 4.79 Å². The van der Waals surface area contributed by atoms with Crippen molar-refractivity contribution in [3.05, 3.63) is 71.3 Å². The number of nitrogens with one attached hydrogen (secondary N) is 1. The van der Waals surface area contributed by atoms with Gasteiger partial charge in [0.25, 0.3) is 0 Å². The standard InChI is InChI=1S/C19H21NO3/c1-14-6-8-15(9-7-14)10-11-19(22)20-13-18(21)16-4-3-5-17(12-16)23-2/h3-12,18,21H,13H2,1-2H3,(H,20,22)/b11-10+. The van der Waals surface area contributed by atoms with E-state index in [1.165, 1.54) is 11.6 Å². The maximum atomic E-state index is 11.8. The minimum absolute atomic E-state index is 0.143. The van der Waals surface area contributed by atoms with Gasteiger partial charge in [0.05, 0.1) is 13.2 Å². The quantitative estimate of drug-likeness (QED) is 0.807. The zero-order valence-electron chi connectivity index (χ0n) is 13.3. The van der Waals surface area contributed by atoms with Crippen molar-refractivity contribution in [3.63, 3.8) is 0 Å². The van der Waals surface area contributed by atoms with Crippen LogP contribution in [0.5, 0.6) is 5.75 Å². The molecule has 0 spiro atoms. The van der Waals surface area contributed by atoms with Crippen molar-refractivity contribution in [2.75, 3.05) is 13.7 Å². The van der Waals surface area contributed by atoms with Crippen LogP contribution in [0.15, 0.2) is 54.6 Å². The second-order valence-electron chi connectivity index (χ2n) is 5.28. The fraction of sp³-hybridized carbons (Fsp3) is 0.211. The fourth-order valence-corrected chi connectivity index (χ4v) is 2.07. The number of carbonyl (C=O) groups is 1. The van der Waals surface area contributed by atoms with Gasteiger partial charge in [-0.05, 0) is 36.3 Å². The Morgan fingerprint density at radius 2 is 2.00 bits per heavy atom. The van der Waals surface area contributed by atoms with Crippen molar-refractivity contribution >= 4 is 12.0 Å². The SMILES string of the molecule is COc1cccc(C(O)CNC(=O)/C=C/c2ccc(C)cc2)c1. The molecule has 0 bridgehead atoms. The van der Waals surface area contributed by atoms with Crippen molar-refractivity contribution in [3.8, 4) is 5.75 Å². The van der Waals surface area contributed by atoms with E-state index >= 15 is 0 Å². The number of rotatable bonds is 6. The van der Waals surface area contributed by atoms with Crippen LogP contribution in [0.3, 0.4) is 0 Å². The molecule has 120 valence electrons. The predicted molar refractivity (Wildman–Crippen MR) is 91.2 cm³/mol. The van der Waals surface area contributed by atoms with Gasteiger partial charge in [-0.1, -0.05) is 42.0 Å². The summed E-state index contributed by atoms with van der Waals surface area (Å²) in [6, 6.07) is 15.0. The monoisotopic (exact) mass is 311 g/mol. The van der Waals surface area contributed by atoms with E-state index in [4.69, 9.17) is 4.74 Å². The Labute approximate surface area is 136 Å². The summed E-state index contributed by atoms with van der Waals surface area (Å²) in [7, 11) is 1.57. The van der Waals surface area contributed by atoms with Gasteiger partial charge in [0.1, 0.15) is 5.75 Å².